The Morgan fingerprint density at radius 1 is 0.818 bits per heavy atom. The van der Waals surface area contributed by atoms with Crippen molar-refractivity contribution < 1.29 is 53.9 Å². The molecule has 0 spiro atoms. The lowest BCUT2D eigenvalue weighted by atomic mass is 10.0. The van der Waals surface area contributed by atoms with Crippen molar-refractivity contribution in [2.24, 2.45) is 5.92 Å². The van der Waals surface area contributed by atoms with E-state index >= 15 is 0 Å². The zero-order chi connectivity index (χ0) is 32.9. The molecule has 0 bridgehead atoms. The number of alkyl halides is 8. The van der Waals surface area contributed by atoms with Gasteiger partial charge in [-0.3, -0.25) is 14.4 Å². The van der Waals surface area contributed by atoms with Crippen LogP contribution in [-0.2, 0) is 22.2 Å². The van der Waals surface area contributed by atoms with Crippen LogP contribution in [0.1, 0.15) is 33.0 Å². The van der Waals surface area contributed by atoms with Crippen LogP contribution in [0.5, 0.6) is 0 Å². The highest BCUT2D eigenvalue weighted by Crippen LogP contribution is 2.65. The van der Waals surface area contributed by atoms with Crippen LogP contribution < -0.4 is 10.6 Å². The first kappa shape index (κ1) is 33.4. The number of amides is 2. The molecule has 0 unspecified atom stereocenters. The number of benzene rings is 3. The summed E-state index contributed by atoms with van der Waals surface area (Å²) in [5.74, 6) is -11.3. The first-order chi connectivity index (χ1) is 20.2. The van der Waals surface area contributed by atoms with Gasteiger partial charge in [0.1, 0.15) is 21.8 Å². The summed E-state index contributed by atoms with van der Waals surface area (Å²) in [4.78, 5) is 37.1. The zero-order valence-electron chi connectivity index (χ0n) is 21.2. The highest BCUT2D eigenvalue weighted by atomic mass is 35.5. The smallest absolute Gasteiger partial charge is 0.326 e. The number of anilines is 2. The Balaban J connectivity index is 1.53. The van der Waals surface area contributed by atoms with E-state index in [0.717, 1.165) is 18.2 Å². The van der Waals surface area contributed by atoms with Crippen molar-refractivity contribution in [3.63, 3.8) is 0 Å². The average Bonchev–Trinajstić information content (AvgIpc) is 3.48. The van der Waals surface area contributed by atoms with Gasteiger partial charge in [-0.25, -0.2) is 13.2 Å². The van der Waals surface area contributed by atoms with E-state index in [2.05, 4.69) is 5.32 Å². The first-order valence-corrected chi connectivity index (χ1v) is 13.1. The Labute approximate surface area is 256 Å². The third-order valence-electron chi connectivity index (χ3n) is 6.52. The molecule has 3 aromatic rings. The Hall–Kier alpha value is -3.49. The average molecular weight is 692 g/mol. The maximum atomic E-state index is 14.3. The summed E-state index contributed by atoms with van der Waals surface area (Å²) in [6.45, 7) is 0. The fourth-order valence-electron chi connectivity index (χ4n) is 4.31. The minimum Gasteiger partial charge on any atom is -0.326 e. The zero-order valence-corrected chi connectivity index (χ0v) is 23.5. The third kappa shape index (κ3) is 6.92. The summed E-state index contributed by atoms with van der Waals surface area (Å²) < 4.78 is 117. The van der Waals surface area contributed by atoms with Gasteiger partial charge in [-0.05, 0) is 47.5 Å². The van der Waals surface area contributed by atoms with Crippen LogP contribution in [-0.4, -0.2) is 28.1 Å². The summed E-state index contributed by atoms with van der Waals surface area (Å²) in [6.07, 6.45) is -11.8. The van der Waals surface area contributed by atoms with Gasteiger partial charge in [0.05, 0.1) is 27.8 Å². The fourth-order valence-corrected chi connectivity index (χ4v) is 5.34. The molecule has 4 rings (SSSR count). The number of nitrogens with one attached hydrogen (secondary N) is 2. The van der Waals surface area contributed by atoms with Crippen molar-refractivity contribution in [3.05, 3.63) is 93.3 Å². The molecule has 44 heavy (non-hydrogen) atoms. The lowest BCUT2D eigenvalue weighted by molar-refractivity contribution is -0.170. The maximum Gasteiger partial charge on any atom is 0.450 e. The first-order valence-electron chi connectivity index (χ1n) is 12.0. The minimum absolute atomic E-state index is 0.120. The van der Waals surface area contributed by atoms with Crippen LogP contribution in [0, 0.1) is 23.4 Å². The van der Waals surface area contributed by atoms with Crippen LogP contribution in [0.15, 0.2) is 48.5 Å². The molecule has 2 amide bonds. The molecule has 2 atom stereocenters. The summed E-state index contributed by atoms with van der Waals surface area (Å²) in [5.41, 5.74) is -3.94. The number of rotatable bonds is 7. The standard InChI is InChI=1S/C27H14Cl3F9N2O3/c28-15-3-2-12(40-24(44)22-21(25(22,29)30)10-1-4-16(31)14(5-10)26(34,35)36)8-13(15)23(43)41-19-6-11(17(32)9-18(19)33)7-20(42)27(37,38)39/h1-6,8-9,21-22H,7H2,(H,40,44)(H,41,43)/t21-,22+/m0/s1. The van der Waals surface area contributed by atoms with Crippen molar-refractivity contribution in [2.45, 2.75) is 29.0 Å². The summed E-state index contributed by atoms with van der Waals surface area (Å²) in [5, 5.41) is 4.09. The van der Waals surface area contributed by atoms with Gasteiger partial charge >= 0.3 is 12.4 Å². The molecular weight excluding hydrogens is 678 g/mol. The molecule has 1 aliphatic rings. The molecule has 1 fully saturated rings. The van der Waals surface area contributed by atoms with Gasteiger partial charge in [-0.1, -0.05) is 17.7 Å². The van der Waals surface area contributed by atoms with Crippen LogP contribution in [0.25, 0.3) is 0 Å². The van der Waals surface area contributed by atoms with E-state index in [-0.39, 0.29) is 22.3 Å². The highest BCUT2D eigenvalue weighted by Gasteiger charge is 2.67. The van der Waals surface area contributed by atoms with Gasteiger partial charge < -0.3 is 10.6 Å². The topological polar surface area (TPSA) is 75.3 Å². The number of carbonyl (C=O) groups is 3. The quantitative estimate of drug-likeness (QED) is 0.194. The number of halogens is 12. The van der Waals surface area contributed by atoms with Crippen molar-refractivity contribution >= 4 is 63.8 Å². The minimum atomic E-state index is -5.29. The Morgan fingerprint density at radius 2 is 1.48 bits per heavy atom. The van der Waals surface area contributed by atoms with Crippen LogP contribution >= 0.6 is 34.8 Å². The second kappa shape index (κ2) is 11.8. The van der Waals surface area contributed by atoms with Crippen molar-refractivity contribution in [1.82, 2.24) is 0 Å². The second-order valence-electron chi connectivity index (χ2n) is 9.53. The Kier molecular flexibility index (Phi) is 8.95. The molecule has 0 heterocycles. The molecule has 0 aromatic heterocycles. The van der Waals surface area contributed by atoms with Gasteiger partial charge in [0.25, 0.3) is 5.91 Å². The van der Waals surface area contributed by atoms with E-state index < -0.39 is 92.4 Å². The molecule has 0 saturated heterocycles. The summed E-state index contributed by atoms with van der Waals surface area (Å²) >= 11 is 18.4. The van der Waals surface area contributed by atoms with E-state index in [0.29, 0.717) is 18.2 Å². The molecule has 0 radical (unpaired) electrons. The van der Waals surface area contributed by atoms with E-state index in [1.165, 1.54) is 6.07 Å². The maximum absolute atomic E-state index is 14.3. The number of carbonyl (C=O) groups excluding carboxylic acids is 3. The number of ketones is 1. The van der Waals surface area contributed by atoms with Crippen LogP contribution in [0.3, 0.4) is 0 Å². The molecule has 17 heteroatoms. The number of Topliss-reactive ketones (excluding diaryl/α,β-unsaturated/α-hetero) is 1. The van der Waals surface area contributed by atoms with E-state index in [9.17, 15) is 53.9 Å². The molecule has 5 nitrogen and oxygen atoms in total. The summed E-state index contributed by atoms with van der Waals surface area (Å²) in [7, 11) is 0. The Bertz CT molecular complexity index is 1680. The van der Waals surface area contributed by atoms with Gasteiger partial charge in [0.2, 0.25) is 11.7 Å². The van der Waals surface area contributed by atoms with Gasteiger partial charge in [0.15, 0.2) is 0 Å². The molecule has 2 N–H and O–H groups in total. The molecule has 1 saturated carbocycles. The predicted octanol–water partition coefficient (Wildman–Crippen LogP) is 8.23. The number of hydrogen-bond donors (Lipinski definition) is 2. The van der Waals surface area contributed by atoms with E-state index in [1.54, 1.807) is 0 Å². The molecule has 3 aromatic carbocycles. The SMILES string of the molecule is O=C(Nc1cc(CC(=O)C(F)(F)F)c(F)cc1F)c1cc(NC(=O)[C@H]2[C@H](c3ccc(F)c(C(F)(F)F)c3)C2(Cl)Cl)ccc1Cl. The van der Waals surface area contributed by atoms with E-state index in [4.69, 9.17) is 34.8 Å². The van der Waals surface area contributed by atoms with Crippen molar-refractivity contribution in [3.8, 4) is 0 Å². The van der Waals surface area contributed by atoms with E-state index in [1.807, 2.05) is 5.32 Å². The predicted molar refractivity (Wildman–Crippen MR) is 141 cm³/mol. The van der Waals surface area contributed by atoms with Crippen molar-refractivity contribution in [1.29, 1.82) is 0 Å². The van der Waals surface area contributed by atoms with Gasteiger partial charge in [0, 0.05) is 24.1 Å². The van der Waals surface area contributed by atoms with Crippen LogP contribution in [0.2, 0.25) is 5.02 Å². The largest absolute Gasteiger partial charge is 0.450 e. The lowest BCUT2D eigenvalue weighted by Gasteiger charge is -2.13. The second-order valence-corrected chi connectivity index (χ2v) is 11.4. The van der Waals surface area contributed by atoms with Crippen molar-refractivity contribution in [2.75, 3.05) is 10.6 Å². The van der Waals surface area contributed by atoms with Crippen LogP contribution in [0.4, 0.5) is 50.9 Å². The molecule has 234 valence electrons. The third-order valence-corrected chi connectivity index (χ3v) is 7.79. The Morgan fingerprint density at radius 3 is 2.09 bits per heavy atom. The fraction of sp³-hybridized carbons (Fsp3) is 0.222. The molecule has 1 aliphatic carbocycles. The number of hydrogen-bond acceptors (Lipinski definition) is 3. The molecular formula is C27H14Cl3F9N2O3. The highest BCUT2D eigenvalue weighted by molar-refractivity contribution is 6.53. The monoisotopic (exact) mass is 690 g/mol. The normalized spacial score (nSPS) is 17.6. The van der Waals surface area contributed by atoms with Gasteiger partial charge in [-0.15, -0.1) is 23.2 Å². The molecule has 0 aliphatic heterocycles. The summed E-state index contributed by atoms with van der Waals surface area (Å²) in [6, 6.07) is 6.02. The lowest BCUT2D eigenvalue weighted by Crippen LogP contribution is -2.25. The van der Waals surface area contributed by atoms with Gasteiger partial charge in [-0.2, -0.15) is 26.3 Å².